The molecule has 0 spiro atoms. The molecule has 2 rings (SSSR count). The maximum atomic E-state index is 12.2. The van der Waals surface area contributed by atoms with Gasteiger partial charge in [0.25, 0.3) is 0 Å². The molecule has 0 aromatic carbocycles. The van der Waals surface area contributed by atoms with Crippen molar-refractivity contribution in [2.24, 2.45) is 5.92 Å². The first-order valence-electron chi connectivity index (χ1n) is 7.27. The Morgan fingerprint density at radius 1 is 1.39 bits per heavy atom. The lowest BCUT2D eigenvalue weighted by atomic mass is 9.85. The molecule has 0 aromatic rings. The highest BCUT2D eigenvalue weighted by Gasteiger charge is 2.38. The number of nitrogens with zero attached hydrogens (tertiary/aromatic N) is 1. The molecule has 0 aromatic heterocycles. The van der Waals surface area contributed by atoms with Gasteiger partial charge in [-0.3, -0.25) is 4.79 Å². The highest BCUT2D eigenvalue weighted by Crippen LogP contribution is 2.33. The van der Waals surface area contributed by atoms with Crippen LogP contribution in [-0.4, -0.2) is 49.6 Å². The van der Waals surface area contributed by atoms with E-state index in [-0.39, 0.29) is 18.0 Å². The lowest BCUT2D eigenvalue weighted by Crippen LogP contribution is -2.48. The lowest BCUT2D eigenvalue weighted by molar-refractivity contribution is -0.123. The quantitative estimate of drug-likeness (QED) is 0.785. The van der Waals surface area contributed by atoms with Crippen LogP contribution >= 0.6 is 0 Å². The maximum absolute atomic E-state index is 12.2. The predicted octanol–water partition coefficient (Wildman–Crippen LogP) is 0.973. The second-order valence-corrected chi connectivity index (χ2v) is 6.28. The normalized spacial score (nSPS) is 33.2. The van der Waals surface area contributed by atoms with Crippen molar-refractivity contribution >= 4 is 5.91 Å². The van der Waals surface area contributed by atoms with Crippen LogP contribution < -0.4 is 10.6 Å². The van der Waals surface area contributed by atoms with Gasteiger partial charge in [0.2, 0.25) is 5.91 Å². The summed E-state index contributed by atoms with van der Waals surface area (Å²) in [6.45, 7) is 2.96. The average Bonchev–Trinajstić information content (AvgIpc) is 2.71. The van der Waals surface area contributed by atoms with Crippen LogP contribution in [0.4, 0.5) is 0 Å². The molecule has 2 aliphatic rings. The van der Waals surface area contributed by atoms with Crippen molar-refractivity contribution in [1.29, 1.82) is 0 Å². The number of carbonyl (C=O) groups is 1. The van der Waals surface area contributed by atoms with Crippen LogP contribution in [0.5, 0.6) is 0 Å². The van der Waals surface area contributed by atoms with E-state index in [4.69, 9.17) is 0 Å². The van der Waals surface area contributed by atoms with Crippen LogP contribution in [0.25, 0.3) is 0 Å². The molecule has 1 heterocycles. The van der Waals surface area contributed by atoms with Gasteiger partial charge < -0.3 is 15.5 Å². The molecule has 2 N–H and O–H groups in total. The molecule has 4 atom stereocenters. The summed E-state index contributed by atoms with van der Waals surface area (Å²) in [4.78, 5) is 14.3. The van der Waals surface area contributed by atoms with Crippen molar-refractivity contribution in [2.75, 3.05) is 20.6 Å². The smallest absolute Gasteiger partial charge is 0.237 e. The first-order valence-corrected chi connectivity index (χ1v) is 7.27. The number of rotatable bonds is 4. The first-order chi connectivity index (χ1) is 8.56. The van der Waals surface area contributed by atoms with Gasteiger partial charge in [0, 0.05) is 18.6 Å². The lowest BCUT2D eigenvalue weighted by Gasteiger charge is -2.24. The van der Waals surface area contributed by atoms with E-state index in [0.29, 0.717) is 6.04 Å². The van der Waals surface area contributed by atoms with E-state index >= 15 is 0 Å². The van der Waals surface area contributed by atoms with E-state index in [1.165, 1.54) is 25.7 Å². The standard InChI is InChI=1S/C14H27N3O/c1-10(9-17(2)3)15-14(18)13-8-11-6-4-5-7-12(11)16-13/h10-13,16H,4-9H2,1-3H3,(H,15,18). The van der Waals surface area contributed by atoms with Gasteiger partial charge in [-0.05, 0) is 46.2 Å². The molecular weight excluding hydrogens is 226 g/mol. The summed E-state index contributed by atoms with van der Waals surface area (Å²) in [6.07, 6.45) is 6.25. The van der Waals surface area contributed by atoms with Crippen LogP contribution in [-0.2, 0) is 4.79 Å². The Morgan fingerprint density at radius 2 is 2.11 bits per heavy atom. The highest BCUT2D eigenvalue weighted by atomic mass is 16.2. The molecule has 4 nitrogen and oxygen atoms in total. The molecule has 4 unspecified atom stereocenters. The van der Waals surface area contributed by atoms with Gasteiger partial charge in [0.1, 0.15) is 0 Å². The molecule has 0 bridgehead atoms. The van der Waals surface area contributed by atoms with Gasteiger partial charge in [-0.25, -0.2) is 0 Å². The summed E-state index contributed by atoms with van der Waals surface area (Å²) in [6, 6.07) is 0.860. The zero-order chi connectivity index (χ0) is 13.1. The molecule has 1 saturated carbocycles. The van der Waals surface area contributed by atoms with Crippen molar-refractivity contribution in [3.63, 3.8) is 0 Å². The van der Waals surface area contributed by atoms with E-state index in [1.807, 2.05) is 14.1 Å². The minimum Gasteiger partial charge on any atom is -0.351 e. The summed E-state index contributed by atoms with van der Waals surface area (Å²) >= 11 is 0. The Kier molecular flexibility index (Phi) is 4.62. The molecule has 1 aliphatic heterocycles. The fraction of sp³-hybridized carbons (Fsp3) is 0.929. The fourth-order valence-electron chi connectivity index (χ4n) is 3.46. The Morgan fingerprint density at radius 3 is 2.78 bits per heavy atom. The third kappa shape index (κ3) is 3.45. The number of amides is 1. The van der Waals surface area contributed by atoms with E-state index < -0.39 is 0 Å². The maximum Gasteiger partial charge on any atom is 0.237 e. The van der Waals surface area contributed by atoms with E-state index in [9.17, 15) is 4.79 Å². The second-order valence-electron chi connectivity index (χ2n) is 6.28. The molecule has 4 heteroatoms. The van der Waals surface area contributed by atoms with Gasteiger partial charge in [0.15, 0.2) is 0 Å². The number of hydrogen-bond acceptors (Lipinski definition) is 3. The van der Waals surface area contributed by atoms with Gasteiger partial charge in [-0.2, -0.15) is 0 Å². The van der Waals surface area contributed by atoms with Crippen molar-refractivity contribution in [1.82, 2.24) is 15.5 Å². The zero-order valence-electron chi connectivity index (χ0n) is 11.9. The highest BCUT2D eigenvalue weighted by molar-refractivity contribution is 5.82. The molecule has 1 amide bonds. The third-order valence-corrected chi connectivity index (χ3v) is 4.21. The molecular formula is C14H27N3O. The molecule has 18 heavy (non-hydrogen) atoms. The van der Waals surface area contributed by atoms with Crippen LogP contribution in [0.15, 0.2) is 0 Å². The summed E-state index contributed by atoms with van der Waals surface area (Å²) in [5, 5.41) is 6.65. The number of hydrogen-bond donors (Lipinski definition) is 2. The minimum absolute atomic E-state index is 0.0442. The second kappa shape index (κ2) is 6.02. The van der Waals surface area contributed by atoms with Gasteiger partial charge in [0.05, 0.1) is 6.04 Å². The van der Waals surface area contributed by atoms with Crippen LogP contribution in [0, 0.1) is 5.92 Å². The topological polar surface area (TPSA) is 44.4 Å². The van der Waals surface area contributed by atoms with Crippen molar-refractivity contribution in [3.8, 4) is 0 Å². The molecule has 0 radical (unpaired) electrons. The number of carbonyl (C=O) groups excluding carboxylic acids is 1. The number of nitrogens with one attached hydrogen (secondary N) is 2. The third-order valence-electron chi connectivity index (χ3n) is 4.21. The van der Waals surface area contributed by atoms with E-state index in [1.54, 1.807) is 0 Å². The summed E-state index contributed by atoms with van der Waals surface area (Å²) in [7, 11) is 4.07. The van der Waals surface area contributed by atoms with E-state index in [0.717, 1.165) is 18.9 Å². The summed E-state index contributed by atoms with van der Waals surface area (Å²) in [5.74, 6) is 0.928. The largest absolute Gasteiger partial charge is 0.351 e. The van der Waals surface area contributed by atoms with E-state index in [2.05, 4.69) is 22.5 Å². The molecule has 1 saturated heterocycles. The summed E-state index contributed by atoms with van der Waals surface area (Å²) < 4.78 is 0. The predicted molar refractivity (Wildman–Crippen MR) is 73.4 cm³/mol. The fourth-order valence-corrected chi connectivity index (χ4v) is 3.46. The molecule has 104 valence electrons. The van der Waals surface area contributed by atoms with Gasteiger partial charge in [-0.1, -0.05) is 12.8 Å². The first kappa shape index (κ1) is 13.8. The number of likely N-dealkylation sites (N-methyl/N-ethyl adjacent to an activating group) is 1. The van der Waals surface area contributed by atoms with Crippen molar-refractivity contribution < 1.29 is 4.79 Å². The van der Waals surface area contributed by atoms with Crippen molar-refractivity contribution in [2.45, 2.75) is 57.2 Å². The Bertz CT molecular complexity index is 279. The SMILES string of the molecule is CC(CN(C)C)NC(=O)C1CC2CCCCC2N1. The number of fused-ring (bicyclic) bond motifs is 1. The Labute approximate surface area is 110 Å². The average molecular weight is 253 g/mol. The molecule has 2 fully saturated rings. The monoisotopic (exact) mass is 253 g/mol. The van der Waals surface area contributed by atoms with Crippen molar-refractivity contribution in [3.05, 3.63) is 0 Å². The van der Waals surface area contributed by atoms with Gasteiger partial charge in [-0.15, -0.1) is 0 Å². The Hall–Kier alpha value is -0.610. The van der Waals surface area contributed by atoms with Crippen LogP contribution in [0.1, 0.15) is 39.0 Å². The zero-order valence-corrected chi connectivity index (χ0v) is 11.9. The van der Waals surface area contributed by atoms with Crippen LogP contribution in [0.2, 0.25) is 0 Å². The molecule has 1 aliphatic carbocycles. The minimum atomic E-state index is 0.0442. The van der Waals surface area contributed by atoms with Crippen LogP contribution in [0.3, 0.4) is 0 Å². The summed E-state index contributed by atoms with van der Waals surface area (Å²) in [5.41, 5.74) is 0. The van der Waals surface area contributed by atoms with Gasteiger partial charge >= 0.3 is 0 Å². The Balaban J connectivity index is 1.79.